The van der Waals surface area contributed by atoms with Crippen LogP contribution in [0, 0.1) is 5.92 Å². The van der Waals surface area contributed by atoms with Crippen LogP contribution in [0.3, 0.4) is 0 Å². The summed E-state index contributed by atoms with van der Waals surface area (Å²) in [5, 5.41) is 7.11. The highest BCUT2D eigenvalue weighted by atomic mass is 79.9. The minimum absolute atomic E-state index is 0.0246. The number of rotatable bonds is 4. The lowest BCUT2D eigenvalue weighted by atomic mass is 9.77. The molecule has 120 valence electrons. The number of amides is 1. The molecule has 1 amide bonds. The zero-order valence-electron chi connectivity index (χ0n) is 12.8. The molecule has 2 aromatic rings. The number of hydrogen-bond donors (Lipinski definition) is 1. The molecular weight excluding hydrogens is 358 g/mol. The van der Waals surface area contributed by atoms with Gasteiger partial charge in [-0.15, -0.1) is 0 Å². The molecule has 1 aliphatic carbocycles. The molecule has 0 bridgehead atoms. The minimum Gasteiger partial charge on any atom is -0.344 e. The van der Waals surface area contributed by atoms with Gasteiger partial charge in [-0.2, -0.15) is 5.10 Å². The van der Waals surface area contributed by atoms with Crippen LogP contribution in [0.2, 0.25) is 0 Å². The van der Waals surface area contributed by atoms with Gasteiger partial charge < -0.3 is 5.32 Å². The number of aromatic nitrogens is 2. The van der Waals surface area contributed by atoms with E-state index < -0.39 is 0 Å². The highest BCUT2D eigenvalue weighted by Gasteiger charge is 2.30. The third kappa shape index (κ3) is 3.52. The Bertz CT molecular complexity index is 766. The van der Waals surface area contributed by atoms with Gasteiger partial charge in [0.25, 0.3) is 11.5 Å². The molecule has 1 fully saturated rings. The lowest BCUT2D eigenvalue weighted by molar-refractivity contribution is 0.0893. The van der Waals surface area contributed by atoms with E-state index >= 15 is 0 Å². The van der Waals surface area contributed by atoms with Crippen LogP contribution in [0.5, 0.6) is 0 Å². The van der Waals surface area contributed by atoms with Crippen molar-refractivity contribution >= 4 is 21.8 Å². The number of aryl methyl sites for hydroxylation is 1. The fraction of sp³-hybridized carbons (Fsp3) is 0.353. The number of halogens is 1. The molecule has 5 nitrogen and oxygen atoms in total. The van der Waals surface area contributed by atoms with Crippen molar-refractivity contribution in [3.63, 3.8) is 0 Å². The topological polar surface area (TPSA) is 64.0 Å². The monoisotopic (exact) mass is 375 g/mol. The maximum atomic E-state index is 12.5. The molecule has 0 aliphatic heterocycles. The lowest BCUT2D eigenvalue weighted by Gasteiger charge is -2.34. The van der Waals surface area contributed by atoms with Gasteiger partial charge in [0, 0.05) is 17.6 Å². The minimum atomic E-state index is -0.250. The van der Waals surface area contributed by atoms with Gasteiger partial charge in [0.2, 0.25) is 0 Å². The third-order valence-corrected chi connectivity index (χ3v) is 4.86. The molecule has 0 spiro atoms. The molecule has 23 heavy (non-hydrogen) atoms. The smallest absolute Gasteiger partial charge is 0.272 e. The molecule has 1 heterocycles. The van der Waals surface area contributed by atoms with E-state index in [9.17, 15) is 9.59 Å². The van der Waals surface area contributed by atoms with Gasteiger partial charge in [-0.1, -0.05) is 34.5 Å². The molecule has 1 atom stereocenters. The van der Waals surface area contributed by atoms with Gasteiger partial charge >= 0.3 is 0 Å². The molecule has 1 unspecified atom stereocenters. The molecule has 1 N–H and O–H groups in total. The summed E-state index contributed by atoms with van der Waals surface area (Å²) in [7, 11) is 1.54. The van der Waals surface area contributed by atoms with Crippen molar-refractivity contribution in [2.75, 3.05) is 0 Å². The van der Waals surface area contributed by atoms with E-state index in [2.05, 4.69) is 26.3 Å². The van der Waals surface area contributed by atoms with Gasteiger partial charge in [-0.05, 0) is 42.5 Å². The van der Waals surface area contributed by atoms with Crippen LogP contribution in [0.4, 0.5) is 0 Å². The zero-order chi connectivity index (χ0) is 16.4. The van der Waals surface area contributed by atoms with Crippen LogP contribution in [0.1, 0.15) is 41.4 Å². The van der Waals surface area contributed by atoms with Crippen LogP contribution in [0.25, 0.3) is 0 Å². The standard InChI is InChI=1S/C17H18BrN3O2/c1-21-15(22)10-9-14(20-21)17(23)19-16(11-3-2-4-11)12-5-7-13(18)8-6-12/h5-11,16H,2-4H2,1H3,(H,19,23). The second kappa shape index (κ2) is 6.66. The Morgan fingerprint density at radius 1 is 1.26 bits per heavy atom. The summed E-state index contributed by atoms with van der Waals surface area (Å²) < 4.78 is 2.19. The predicted molar refractivity (Wildman–Crippen MR) is 91.2 cm³/mol. The van der Waals surface area contributed by atoms with Crippen molar-refractivity contribution in [2.45, 2.75) is 25.3 Å². The first-order valence-corrected chi connectivity index (χ1v) is 8.44. The molecule has 1 saturated carbocycles. The number of nitrogens with zero attached hydrogens (tertiary/aromatic N) is 2. The Morgan fingerprint density at radius 2 is 1.96 bits per heavy atom. The zero-order valence-corrected chi connectivity index (χ0v) is 14.4. The summed E-state index contributed by atoms with van der Waals surface area (Å²) in [5.74, 6) is 0.202. The summed E-state index contributed by atoms with van der Waals surface area (Å²) in [6.07, 6.45) is 3.43. The van der Waals surface area contributed by atoms with Crippen molar-refractivity contribution in [1.82, 2.24) is 15.1 Å². The van der Waals surface area contributed by atoms with E-state index in [0.717, 1.165) is 22.9 Å². The molecule has 0 saturated heterocycles. The number of carbonyl (C=O) groups is 1. The number of nitrogens with one attached hydrogen (secondary N) is 1. The van der Waals surface area contributed by atoms with Gasteiger partial charge in [0.1, 0.15) is 5.69 Å². The summed E-state index contributed by atoms with van der Waals surface area (Å²) in [6.45, 7) is 0. The van der Waals surface area contributed by atoms with Crippen LogP contribution in [-0.2, 0) is 7.05 Å². The number of carbonyl (C=O) groups excluding carboxylic acids is 1. The van der Waals surface area contributed by atoms with Gasteiger partial charge in [-0.25, -0.2) is 4.68 Å². The largest absolute Gasteiger partial charge is 0.344 e. The Labute approximate surface area is 142 Å². The third-order valence-electron chi connectivity index (χ3n) is 4.33. The first-order chi connectivity index (χ1) is 11.0. The lowest BCUT2D eigenvalue weighted by Crippen LogP contribution is -2.37. The normalized spacial score (nSPS) is 15.7. The second-order valence-electron chi connectivity index (χ2n) is 5.87. The molecule has 1 aliphatic rings. The van der Waals surface area contributed by atoms with E-state index in [1.165, 1.54) is 30.3 Å². The quantitative estimate of drug-likeness (QED) is 0.893. The van der Waals surface area contributed by atoms with E-state index in [1.54, 1.807) is 0 Å². The Morgan fingerprint density at radius 3 is 2.52 bits per heavy atom. The fourth-order valence-corrected chi connectivity index (χ4v) is 3.02. The molecule has 0 radical (unpaired) electrons. The van der Waals surface area contributed by atoms with Crippen LogP contribution < -0.4 is 10.9 Å². The molecule has 1 aromatic heterocycles. The van der Waals surface area contributed by atoms with Crippen molar-refractivity contribution in [1.29, 1.82) is 0 Å². The summed E-state index contributed by atoms with van der Waals surface area (Å²) in [5.41, 5.74) is 1.12. The fourth-order valence-electron chi connectivity index (χ4n) is 2.76. The SMILES string of the molecule is Cn1nc(C(=O)NC(c2ccc(Br)cc2)C2CCC2)ccc1=O. The molecule has 1 aromatic carbocycles. The Balaban J connectivity index is 1.83. The molecular formula is C17H18BrN3O2. The van der Waals surface area contributed by atoms with Gasteiger partial charge in [-0.3, -0.25) is 9.59 Å². The predicted octanol–water partition coefficient (Wildman–Crippen LogP) is 2.81. The highest BCUT2D eigenvalue weighted by molar-refractivity contribution is 9.10. The average molecular weight is 376 g/mol. The van der Waals surface area contributed by atoms with Crippen molar-refractivity contribution in [3.8, 4) is 0 Å². The van der Waals surface area contributed by atoms with Crippen molar-refractivity contribution in [2.24, 2.45) is 13.0 Å². The maximum Gasteiger partial charge on any atom is 0.272 e. The maximum absolute atomic E-state index is 12.5. The van der Waals surface area contributed by atoms with E-state index in [0.29, 0.717) is 5.92 Å². The van der Waals surface area contributed by atoms with E-state index in [-0.39, 0.29) is 23.2 Å². The van der Waals surface area contributed by atoms with Crippen molar-refractivity contribution < 1.29 is 4.79 Å². The summed E-state index contributed by atoms with van der Waals surface area (Å²) in [4.78, 5) is 23.9. The van der Waals surface area contributed by atoms with E-state index in [1.807, 2.05) is 24.3 Å². The van der Waals surface area contributed by atoms with E-state index in [4.69, 9.17) is 0 Å². The molecule has 3 rings (SSSR count). The van der Waals surface area contributed by atoms with Crippen LogP contribution >= 0.6 is 15.9 Å². The number of benzene rings is 1. The second-order valence-corrected chi connectivity index (χ2v) is 6.79. The summed E-state index contributed by atoms with van der Waals surface area (Å²) in [6, 6.07) is 10.8. The first kappa shape index (κ1) is 15.9. The number of hydrogen-bond acceptors (Lipinski definition) is 3. The summed E-state index contributed by atoms with van der Waals surface area (Å²) >= 11 is 3.44. The van der Waals surface area contributed by atoms with Crippen LogP contribution in [0.15, 0.2) is 45.7 Å². The van der Waals surface area contributed by atoms with Crippen LogP contribution in [-0.4, -0.2) is 15.7 Å². The first-order valence-electron chi connectivity index (χ1n) is 7.65. The van der Waals surface area contributed by atoms with Gasteiger partial charge in [0.05, 0.1) is 6.04 Å². The van der Waals surface area contributed by atoms with Crippen molar-refractivity contribution in [3.05, 3.63) is 62.5 Å². The Hall–Kier alpha value is -1.95. The molecule has 6 heteroatoms. The Kier molecular flexibility index (Phi) is 4.61. The average Bonchev–Trinajstić information content (AvgIpc) is 2.48. The highest BCUT2D eigenvalue weighted by Crippen LogP contribution is 2.38. The van der Waals surface area contributed by atoms with Gasteiger partial charge in [0.15, 0.2) is 0 Å².